The summed E-state index contributed by atoms with van der Waals surface area (Å²) in [6.07, 6.45) is 1.69. The van der Waals surface area contributed by atoms with E-state index in [-0.39, 0.29) is 18.3 Å². The smallest absolute Gasteiger partial charge is 0.262 e. The van der Waals surface area contributed by atoms with Crippen LogP contribution in [0.25, 0.3) is 0 Å². The summed E-state index contributed by atoms with van der Waals surface area (Å²) < 4.78 is 5.55. The van der Waals surface area contributed by atoms with Gasteiger partial charge in [0.15, 0.2) is 12.4 Å². The molecular weight excluding hydrogens is 455 g/mol. The number of carbonyl (C=O) groups excluding carboxylic acids is 1. The zero-order chi connectivity index (χ0) is 22.5. The van der Waals surface area contributed by atoms with E-state index in [4.69, 9.17) is 39.5 Å². The summed E-state index contributed by atoms with van der Waals surface area (Å²) in [5.41, 5.74) is 5.36. The zero-order valence-corrected chi connectivity index (χ0v) is 19.6. The molecule has 0 unspecified atom stereocenters. The van der Waals surface area contributed by atoms with Crippen LogP contribution in [-0.4, -0.2) is 18.7 Å². The van der Waals surface area contributed by atoms with E-state index in [9.17, 15) is 4.79 Å². The first kappa shape index (κ1) is 23.1. The van der Waals surface area contributed by atoms with Gasteiger partial charge in [-0.1, -0.05) is 58.6 Å². The summed E-state index contributed by atoms with van der Waals surface area (Å²) in [4.78, 5) is 16.7. The van der Waals surface area contributed by atoms with Crippen LogP contribution in [-0.2, 0) is 4.79 Å². The van der Waals surface area contributed by atoms with Gasteiger partial charge in [0.25, 0.3) is 5.91 Å². The quantitative estimate of drug-likeness (QED) is 0.379. The lowest BCUT2D eigenvalue weighted by molar-refractivity contribution is -0.118. The van der Waals surface area contributed by atoms with Crippen LogP contribution in [0, 0.1) is 20.8 Å². The largest absolute Gasteiger partial charge is 0.481 e. The van der Waals surface area contributed by atoms with Crippen molar-refractivity contribution in [2.24, 2.45) is 4.99 Å². The molecule has 0 saturated carbocycles. The van der Waals surface area contributed by atoms with Gasteiger partial charge in [-0.3, -0.25) is 9.79 Å². The van der Waals surface area contributed by atoms with Gasteiger partial charge in [0, 0.05) is 16.9 Å². The molecule has 3 aromatic rings. The lowest BCUT2D eigenvalue weighted by Gasteiger charge is -2.11. The molecule has 0 radical (unpaired) electrons. The fraction of sp³-hybridized carbons (Fsp3) is 0.167. The highest BCUT2D eigenvalue weighted by atomic mass is 35.5. The topological polar surface area (TPSA) is 50.7 Å². The van der Waals surface area contributed by atoms with E-state index in [0.717, 1.165) is 22.4 Å². The molecule has 0 aliphatic carbocycles. The van der Waals surface area contributed by atoms with Crippen LogP contribution >= 0.6 is 34.8 Å². The van der Waals surface area contributed by atoms with E-state index in [2.05, 4.69) is 16.4 Å². The van der Waals surface area contributed by atoms with Crippen molar-refractivity contribution in [3.8, 4) is 5.75 Å². The highest BCUT2D eigenvalue weighted by Gasteiger charge is 2.12. The molecule has 0 aliphatic rings. The summed E-state index contributed by atoms with van der Waals surface area (Å²) >= 11 is 18.7. The molecule has 3 rings (SSSR count). The second kappa shape index (κ2) is 10.2. The third kappa shape index (κ3) is 6.23. The van der Waals surface area contributed by atoms with Crippen molar-refractivity contribution in [1.29, 1.82) is 0 Å². The predicted molar refractivity (Wildman–Crippen MR) is 130 cm³/mol. The lowest BCUT2D eigenvalue weighted by Crippen LogP contribution is -2.20. The van der Waals surface area contributed by atoms with Gasteiger partial charge in [0.1, 0.15) is 0 Å². The fourth-order valence-corrected chi connectivity index (χ4v) is 3.69. The number of benzene rings is 3. The Balaban J connectivity index is 1.66. The Labute approximate surface area is 196 Å². The van der Waals surface area contributed by atoms with Gasteiger partial charge in [0.2, 0.25) is 0 Å². The number of aryl methyl sites for hydroxylation is 3. The number of aliphatic imine (C=N–C) groups is 1. The molecule has 7 heteroatoms. The maximum atomic E-state index is 12.2. The molecule has 31 heavy (non-hydrogen) atoms. The predicted octanol–water partition coefficient (Wildman–Crippen LogP) is 7.34. The molecule has 0 aliphatic heterocycles. The highest BCUT2D eigenvalue weighted by Crippen LogP contribution is 2.34. The Hall–Kier alpha value is -2.53. The molecule has 0 heterocycles. The Bertz CT molecular complexity index is 1140. The number of rotatable bonds is 6. The number of hydrogen-bond acceptors (Lipinski definition) is 3. The van der Waals surface area contributed by atoms with Gasteiger partial charge < -0.3 is 10.1 Å². The monoisotopic (exact) mass is 474 g/mol. The van der Waals surface area contributed by atoms with Crippen molar-refractivity contribution in [3.05, 3.63) is 85.9 Å². The number of hydrogen-bond donors (Lipinski definition) is 1. The molecule has 0 aromatic heterocycles. The average Bonchev–Trinajstić information content (AvgIpc) is 2.69. The van der Waals surface area contributed by atoms with Crippen molar-refractivity contribution >= 4 is 58.3 Å². The van der Waals surface area contributed by atoms with Gasteiger partial charge in [0.05, 0.1) is 15.7 Å². The first-order valence-electron chi connectivity index (χ1n) is 9.52. The third-order valence-electron chi connectivity index (χ3n) is 4.53. The highest BCUT2D eigenvalue weighted by molar-refractivity contribution is 6.37. The second-order valence-corrected chi connectivity index (χ2v) is 8.38. The Morgan fingerprint density at radius 3 is 2.29 bits per heavy atom. The molecule has 0 fully saturated rings. The Morgan fingerprint density at radius 2 is 1.65 bits per heavy atom. The Kier molecular flexibility index (Phi) is 7.60. The third-order valence-corrected chi connectivity index (χ3v) is 5.50. The second-order valence-electron chi connectivity index (χ2n) is 7.16. The minimum Gasteiger partial charge on any atom is -0.481 e. The molecule has 160 valence electrons. The lowest BCUT2D eigenvalue weighted by atomic mass is 10.1. The van der Waals surface area contributed by atoms with Gasteiger partial charge in [-0.15, -0.1) is 0 Å². The van der Waals surface area contributed by atoms with Crippen LogP contribution in [0.2, 0.25) is 15.1 Å². The molecule has 1 N–H and O–H groups in total. The minimum atomic E-state index is -0.354. The summed E-state index contributed by atoms with van der Waals surface area (Å²) in [5.74, 6) is -0.114. The standard InChI is InChI=1S/C24H21Cl3N2O2/c1-14-4-7-22(16(3)8-14)28-12-17-9-20(26)24(21(27)10-17)31-13-23(30)29-18-6-5-15(2)19(25)11-18/h4-12H,13H2,1-3H3,(H,29,30). The molecule has 4 nitrogen and oxygen atoms in total. The number of carbonyl (C=O) groups is 1. The van der Waals surface area contributed by atoms with Gasteiger partial charge in [-0.2, -0.15) is 0 Å². The first-order valence-corrected chi connectivity index (χ1v) is 10.7. The van der Waals surface area contributed by atoms with Crippen LogP contribution in [0.5, 0.6) is 5.75 Å². The van der Waals surface area contributed by atoms with E-state index in [1.54, 1.807) is 30.5 Å². The molecule has 0 spiro atoms. The number of halogens is 3. The van der Waals surface area contributed by atoms with Crippen LogP contribution < -0.4 is 10.1 Å². The van der Waals surface area contributed by atoms with Crippen LogP contribution in [0.1, 0.15) is 22.3 Å². The van der Waals surface area contributed by atoms with E-state index in [1.165, 1.54) is 5.56 Å². The maximum absolute atomic E-state index is 12.2. The van der Waals surface area contributed by atoms with Crippen molar-refractivity contribution in [2.45, 2.75) is 20.8 Å². The number of nitrogens with one attached hydrogen (secondary N) is 1. The van der Waals surface area contributed by atoms with Gasteiger partial charge >= 0.3 is 0 Å². The average molecular weight is 476 g/mol. The van der Waals surface area contributed by atoms with Crippen molar-refractivity contribution < 1.29 is 9.53 Å². The van der Waals surface area contributed by atoms with Crippen LogP contribution in [0.15, 0.2) is 53.5 Å². The normalized spacial score (nSPS) is 11.0. The summed E-state index contributed by atoms with van der Waals surface area (Å²) in [6.45, 7) is 5.68. The summed E-state index contributed by atoms with van der Waals surface area (Å²) in [5, 5.41) is 3.88. The van der Waals surface area contributed by atoms with Crippen LogP contribution in [0.3, 0.4) is 0 Å². The van der Waals surface area contributed by atoms with E-state index in [0.29, 0.717) is 20.8 Å². The number of ether oxygens (including phenoxy) is 1. The molecule has 0 saturated heterocycles. The zero-order valence-electron chi connectivity index (χ0n) is 17.3. The van der Waals surface area contributed by atoms with Crippen molar-refractivity contribution in [3.63, 3.8) is 0 Å². The van der Waals surface area contributed by atoms with Crippen molar-refractivity contribution in [1.82, 2.24) is 0 Å². The summed E-state index contributed by atoms with van der Waals surface area (Å²) in [7, 11) is 0. The molecule has 0 atom stereocenters. The SMILES string of the molecule is Cc1ccc(N=Cc2cc(Cl)c(OCC(=O)Nc3ccc(C)c(Cl)c3)c(Cl)c2)c(C)c1. The van der Waals surface area contributed by atoms with Gasteiger partial charge in [-0.25, -0.2) is 0 Å². The van der Waals surface area contributed by atoms with E-state index < -0.39 is 0 Å². The van der Waals surface area contributed by atoms with Crippen molar-refractivity contribution in [2.75, 3.05) is 11.9 Å². The van der Waals surface area contributed by atoms with E-state index in [1.807, 2.05) is 39.0 Å². The fourth-order valence-electron chi connectivity index (χ4n) is 2.89. The molecule has 3 aromatic carbocycles. The Morgan fingerprint density at radius 1 is 0.935 bits per heavy atom. The molecule has 1 amide bonds. The molecular formula is C24H21Cl3N2O2. The minimum absolute atomic E-state index is 0.240. The number of anilines is 1. The van der Waals surface area contributed by atoms with E-state index >= 15 is 0 Å². The first-order chi connectivity index (χ1) is 14.7. The molecule has 0 bridgehead atoms. The maximum Gasteiger partial charge on any atom is 0.262 e. The van der Waals surface area contributed by atoms with Gasteiger partial charge in [-0.05, 0) is 67.8 Å². The summed E-state index contributed by atoms with van der Waals surface area (Å²) in [6, 6.07) is 14.7. The van der Waals surface area contributed by atoms with Crippen LogP contribution in [0.4, 0.5) is 11.4 Å². The number of amides is 1. The number of nitrogens with zero attached hydrogens (tertiary/aromatic N) is 1.